The van der Waals surface area contributed by atoms with Gasteiger partial charge in [-0.3, -0.25) is 4.79 Å². The van der Waals surface area contributed by atoms with Crippen LogP contribution in [-0.2, 0) is 0 Å². The summed E-state index contributed by atoms with van der Waals surface area (Å²) in [7, 11) is 0. The number of hydrogen-bond donors (Lipinski definition) is 1. The van der Waals surface area contributed by atoms with Crippen LogP contribution in [0.15, 0.2) is 54.6 Å². The molecular weight excluding hydrogens is 386 g/mol. The van der Waals surface area contributed by atoms with Crippen LogP contribution in [-0.4, -0.2) is 44.9 Å². The van der Waals surface area contributed by atoms with E-state index in [1.165, 1.54) is 0 Å². The van der Waals surface area contributed by atoms with Gasteiger partial charge >= 0.3 is 0 Å². The third-order valence-corrected chi connectivity index (χ3v) is 5.29. The van der Waals surface area contributed by atoms with E-state index < -0.39 is 0 Å². The van der Waals surface area contributed by atoms with Gasteiger partial charge in [0.05, 0.1) is 17.5 Å². The van der Waals surface area contributed by atoms with Crippen molar-refractivity contribution >= 4 is 17.5 Å². The number of likely N-dealkylation sites (tertiary alicyclic amines) is 1. The van der Waals surface area contributed by atoms with E-state index >= 15 is 0 Å². The minimum absolute atomic E-state index is 0.146. The molecule has 0 atom stereocenters. The normalized spacial score (nSPS) is 14.6. The first kappa shape index (κ1) is 19.3. The molecule has 2 aromatic carbocycles. The van der Waals surface area contributed by atoms with E-state index in [-0.39, 0.29) is 12.0 Å². The van der Waals surface area contributed by atoms with Gasteiger partial charge in [0, 0.05) is 29.2 Å². The predicted molar refractivity (Wildman–Crippen MR) is 113 cm³/mol. The molecule has 1 fully saturated rings. The first-order valence-electron chi connectivity index (χ1n) is 9.45. The van der Waals surface area contributed by atoms with Crippen LogP contribution in [0.5, 0.6) is 0 Å². The smallest absolute Gasteiger partial charge is 0.274 e. The fourth-order valence-corrected chi connectivity index (χ4v) is 3.68. The Bertz CT molecular complexity index is 1090. The van der Waals surface area contributed by atoms with Crippen molar-refractivity contribution in [1.82, 2.24) is 14.7 Å². The lowest BCUT2D eigenvalue weighted by Gasteiger charge is -2.28. The van der Waals surface area contributed by atoms with E-state index in [4.69, 9.17) is 18.0 Å². The number of carbonyl (C=O) groups excluding carboxylic acids is 1. The standard InChI is InChI=1S/C23H20ClN3O2/c1-2-16-5-3-6-17(13-16)22-15-21(23(29)26-11-9-20(28)10-12-26)25-27(22)19-8-4-7-18(24)14-19/h1,3-8,13-15,20,28H,9-12H2. The van der Waals surface area contributed by atoms with Crippen LogP contribution < -0.4 is 0 Å². The highest BCUT2D eigenvalue weighted by Crippen LogP contribution is 2.27. The average Bonchev–Trinajstić information content (AvgIpc) is 3.19. The highest BCUT2D eigenvalue weighted by molar-refractivity contribution is 6.30. The lowest BCUT2D eigenvalue weighted by molar-refractivity contribution is 0.0541. The predicted octanol–water partition coefficient (Wildman–Crippen LogP) is 3.77. The maximum absolute atomic E-state index is 13.0. The van der Waals surface area contributed by atoms with Gasteiger partial charge in [-0.25, -0.2) is 4.68 Å². The fraction of sp³-hybridized carbons (Fsp3) is 0.217. The summed E-state index contributed by atoms with van der Waals surface area (Å²) in [4.78, 5) is 14.8. The minimum Gasteiger partial charge on any atom is -0.393 e. The van der Waals surface area contributed by atoms with Gasteiger partial charge in [0.15, 0.2) is 5.69 Å². The summed E-state index contributed by atoms with van der Waals surface area (Å²) in [5.74, 6) is 2.49. The molecule has 3 aromatic rings. The van der Waals surface area contributed by atoms with Gasteiger partial charge in [0.2, 0.25) is 0 Å². The van der Waals surface area contributed by atoms with E-state index in [0.29, 0.717) is 36.6 Å². The van der Waals surface area contributed by atoms with Crippen LogP contribution in [0, 0.1) is 12.3 Å². The molecule has 5 nitrogen and oxygen atoms in total. The molecule has 0 spiro atoms. The van der Waals surface area contributed by atoms with Crippen LogP contribution in [0.2, 0.25) is 5.02 Å². The van der Waals surface area contributed by atoms with Crippen molar-refractivity contribution in [3.8, 4) is 29.3 Å². The SMILES string of the molecule is C#Cc1cccc(-c2cc(C(=O)N3CCC(O)CC3)nn2-c2cccc(Cl)c2)c1. The van der Waals surface area contributed by atoms with Gasteiger partial charge < -0.3 is 10.0 Å². The molecule has 1 amide bonds. The lowest BCUT2D eigenvalue weighted by atomic mass is 10.1. The van der Waals surface area contributed by atoms with E-state index in [0.717, 1.165) is 22.5 Å². The molecule has 0 saturated carbocycles. The molecule has 0 radical (unpaired) electrons. The Labute approximate surface area is 174 Å². The van der Waals surface area contributed by atoms with E-state index in [9.17, 15) is 9.90 Å². The number of amides is 1. The first-order chi connectivity index (χ1) is 14.0. The topological polar surface area (TPSA) is 58.4 Å². The number of nitrogens with zero attached hydrogens (tertiary/aromatic N) is 3. The molecule has 1 N–H and O–H groups in total. The number of terminal acetylenes is 1. The highest BCUT2D eigenvalue weighted by atomic mass is 35.5. The van der Waals surface area contributed by atoms with Crippen molar-refractivity contribution < 1.29 is 9.90 Å². The molecule has 0 bridgehead atoms. The summed E-state index contributed by atoms with van der Waals surface area (Å²) in [5.41, 5.74) is 3.47. The summed E-state index contributed by atoms with van der Waals surface area (Å²) in [6, 6.07) is 16.7. The van der Waals surface area contributed by atoms with Crippen molar-refractivity contribution in [2.45, 2.75) is 18.9 Å². The van der Waals surface area contributed by atoms with Crippen LogP contribution in [0.1, 0.15) is 28.9 Å². The number of aliphatic hydroxyl groups is 1. The number of piperidine rings is 1. The molecule has 0 aliphatic carbocycles. The Balaban J connectivity index is 1.78. The van der Waals surface area contributed by atoms with Gasteiger partial charge in [-0.1, -0.05) is 35.7 Å². The summed E-state index contributed by atoms with van der Waals surface area (Å²) in [5, 5.41) is 14.9. The average molecular weight is 406 g/mol. The number of aliphatic hydroxyl groups excluding tert-OH is 1. The Morgan fingerprint density at radius 1 is 1.14 bits per heavy atom. The second-order valence-corrected chi connectivity index (χ2v) is 7.49. The van der Waals surface area contributed by atoms with Crippen LogP contribution in [0.4, 0.5) is 0 Å². The van der Waals surface area contributed by atoms with Crippen LogP contribution in [0.3, 0.4) is 0 Å². The van der Waals surface area contributed by atoms with Crippen molar-refractivity contribution in [2.24, 2.45) is 0 Å². The van der Waals surface area contributed by atoms with Crippen molar-refractivity contribution in [1.29, 1.82) is 0 Å². The van der Waals surface area contributed by atoms with Gasteiger partial charge in [-0.2, -0.15) is 5.10 Å². The Morgan fingerprint density at radius 2 is 1.90 bits per heavy atom. The monoisotopic (exact) mass is 405 g/mol. The number of aromatic nitrogens is 2. The van der Waals surface area contributed by atoms with Crippen molar-refractivity contribution in [2.75, 3.05) is 13.1 Å². The summed E-state index contributed by atoms with van der Waals surface area (Å²) >= 11 is 6.18. The third-order valence-electron chi connectivity index (χ3n) is 5.06. The van der Waals surface area contributed by atoms with Crippen molar-refractivity contribution in [3.63, 3.8) is 0 Å². The van der Waals surface area contributed by atoms with E-state index in [2.05, 4.69) is 11.0 Å². The quantitative estimate of drug-likeness (QED) is 0.675. The number of rotatable bonds is 3. The number of hydrogen-bond acceptors (Lipinski definition) is 3. The Kier molecular flexibility index (Phi) is 5.39. The number of carbonyl (C=O) groups is 1. The lowest BCUT2D eigenvalue weighted by Crippen LogP contribution is -2.40. The molecule has 2 heterocycles. The summed E-state index contributed by atoms with van der Waals surface area (Å²) in [6.07, 6.45) is 6.38. The largest absolute Gasteiger partial charge is 0.393 e. The van der Waals surface area contributed by atoms with Gasteiger partial charge in [-0.15, -0.1) is 6.42 Å². The van der Waals surface area contributed by atoms with Gasteiger partial charge in [0.25, 0.3) is 5.91 Å². The number of benzene rings is 2. The molecule has 4 rings (SSSR count). The van der Waals surface area contributed by atoms with Crippen LogP contribution in [0.25, 0.3) is 16.9 Å². The molecule has 146 valence electrons. The third kappa shape index (κ3) is 4.04. The van der Waals surface area contributed by atoms with E-state index in [1.54, 1.807) is 27.8 Å². The zero-order chi connectivity index (χ0) is 20.4. The van der Waals surface area contributed by atoms with Gasteiger partial charge in [0.1, 0.15) is 0 Å². The number of halogens is 1. The van der Waals surface area contributed by atoms with E-state index in [1.807, 2.05) is 36.4 Å². The molecule has 29 heavy (non-hydrogen) atoms. The summed E-state index contributed by atoms with van der Waals surface area (Å²) in [6.45, 7) is 1.04. The summed E-state index contributed by atoms with van der Waals surface area (Å²) < 4.78 is 1.72. The Morgan fingerprint density at radius 3 is 2.62 bits per heavy atom. The van der Waals surface area contributed by atoms with Crippen molar-refractivity contribution in [3.05, 3.63) is 70.9 Å². The van der Waals surface area contributed by atoms with Crippen LogP contribution >= 0.6 is 11.6 Å². The molecule has 1 aliphatic rings. The zero-order valence-electron chi connectivity index (χ0n) is 15.8. The molecule has 0 unspecified atom stereocenters. The molecule has 1 aromatic heterocycles. The fourth-order valence-electron chi connectivity index (χ4n) is 3.50. The maximum atomic E-state index is 13.0. The van der Waals surface area contributed by atoms with Gasteiger partial charge in [-0.05, 0) is 49.2 Å². The second kappa shape index (κ2) is 8.12. The molecule has 6 heteroatoms. The molecule has 1 aliphatic heterocycles. The Hall–Kier alpha value is -3.07. The first-order valence-corrected chi connectivity index (χ1v) is 9.83. The molecule has 1 saturated heterocycles. The minimum atomic E-state index is -0.342. The zero-order valence-corrected chi connectivity index (χ0v) is 16.5. The molecular formula is C23H20ClN3O2. The highest BCUT2D eigenvalue weighted by Gasteiger charge is 2.25. The second-order valence-electron chi connectivity index (χ2n) is 7.06. The maximum Gasteiger partial charge on any atom is 0.274 e.